The molecule has 1 saturated heterocycles. The second kappa shape index (κ2) is 6.83. The van der Waals surface area contributed by atoms with E-state index in [1.165, 1.54) is 4.90 Å². The van der Waals surface area contributed by atoms with Crippen molar-refractivity contribution in [3.8, 4) is 11.3 Å². The fourth-order valence-electron chi connectivity index (χ4n) is 3.83. The van der Waals surface area contributed by atoms with Crippen molar-refractivity contribution in [1.82, 2.24) is 24.6 Å². The van der Waals surface area contributed by atoms with Gasteiger partial charge in [0.1, 0.15) is 0 Å². The van der Waals surface area contributed by atoms with Gasteiger partial charge < -0.3 is 4.90 Å². The van der Waals surface area contributed by atoms with E-state index in [1.54, 1.807) is 35.3 Å². The predicted molar refractivity (Wildman–Crippen MR) is 109 cm³/mol. The smallest absolute Gasteiger partial charge is 0.253 e. The molecule has 1 aliphatic heterocycles. The molecule has 0 spiro atoms. The van der Waals surface area contributed by atoms with Crippen molar-refractivity contribution >= 4 is 27.8 Å². The lowest BCUT2D eigenvalue weighted by Crippen LogP contribution is -2.42. The quantitative estimate of drug-likeness (QED) is 0.503. The van der Waals surface area contributed by atoms with Crippen LogP contribution in [0.15, 0.2) is 48.8 Å². The molecule has 2 aromatic carbocycles. The molecule has 0 aliphatic carbocycles. The highest BCUT2D eigenvalue weighted by Crippen LogP contribution is 2.29. The number of hydrogen-bond acceptors (Lipinski definition) is 4. The minimum Gasteiger partial charge on any atom is -0.338 e. The van der Waals surface area contributed by atoms with E-state index in [0.29, 0.717) is 22.3 Å². The second-order valence-corrected chi connectivity index (χ2v) is 7.65. The topological polar surface area (TPSA) is 63.9 Å². The van der Waals surface area contributed by atoms with Crippen molar-refractivity contribution < 1.29 is 13.6 Å². The Kier molecular flexibility index (Phi) is 4.23. The summed E-state index contributed by atoms with van der Waals surface area (Å²) in [5, 5.41) is 5.26. The predicted octanol–water partition coefficient (Wildman–Crippen LogP) is 4.05. The number of amides is 1. The van der Waals surface area contributed by atoms with E-state index in [-0.39, 0.29) is 31.8 Å². The van der Waals surface area contributed by atoms with E-state index in [0.717, 1.165) is 16.5 Å². The monoisotopic (exact) mass is 407 g/mol. The van der Waals surface area contributed by atoms with Gasteiger partial charge in [0.2, 0.25) is 0 Å². The zero-order valence-corrected chi connectivity index (χ0v) is 16.3. The van der Waals surface area contributed by atoms with Crippen molar-refractivity contribution in [2.45, 2.75) is 18.8 Å². The van der Waals surface area contributed by atoms with Gasteiger partial charge in [0, 0.05) is 49.5 Å². The van der Waals surface area contributed by atoms with Crippen LogP contribution in [-0.4, -0.2) is 49.6 Å². The standard InChI is InChI=1S/C22H19F2N5O/c1-28-20-5-3-14(10-16(20)12-26-28)19-13-25-17-4-2-15(11-18(17)27-19)21(30)29-8-6-22(23,24)7-9-29/h2-5,10-13H,6-9H2,1H3. The van der Waals surface area contributed by atoms with Crippen molar-refractivity contribution in [3.63, 3.8) is 0 Å². The minimum atomic E-state index is -2.68. The first-order valence-corrected chi connectivity index (χ1v) is 9.76. The van der Waals surface area contributed by atoms with E-state index in [9.17, 15) is 13.6 Å². The fraction of sp³-hybridized carbons (Fsp3) is 0.273. The van der Waals surface area contributed by atoms with Gasteiger partial charge in [-0.25, -0.2) is 13.8 Å². The Morgan fingerprint density at radius 3 is 2.63 bits per heavy atom. The molecule has 5 rings (SSSR count). The second-order valence-electron chi connectivity index (χ2n) is 7.65. The fourth-order valence-corrected chi connectivity index (χ4v) is 3.83. The van der Waals surface area contributed by atoms with Gasteiger partial charge in [-0.3, -0.25) is 14.5 Å². The Bertz CT molecular complexity index is 1270. The van der Waals surface area contributed by atoms with Gasteiger partial charge in [0.05, 0.1) is 34.6 Å². The molecule has 0 atom stereocenters. The highest BCUT2D eigenvalue weighted by atomic mass is 19.3. The maximum absolute atomic E-state index is 13.4. The number of halogens is 2. The van der Waals surface area contributed by atoms with Crippen LogP contribution in [0.25, 0.3) is 33.2 Å². The molecule has 0 radical (unpaired) electrons. The van der Waals surface area contributed by atoms with E-state index < -0.39 is 5.92 Å². The summed E-state index contributed by atoms with van der Waals surface area (Å²) in [5.41, 5.74) is 4.31. The number of nitrogens with zero attached hydrogens (tertiary/aromatic N) is 5. The van der Waals surface area contributed by atoms with E-state index in [4.69, 9.17) is 0 Å². The molecule has 152 valence electrons. The number of piperidine rings is 1. The maximum Gasteiger partial charge on any atom is 0.253 e. The zero-order chi connectivity index (χ0) is 20.9. The van der Waals surface area contributed by atoms with Crippen molar-refractivity contribution in [2.24, 2.45) is 7.05 Å². The molecule has 0 bridgehead atoms. The molecular weight excluding hydrogens is 388 g/mol. The molecule has 6 nitrogen and oxygen atoms in total. The third-order valence-corrected chi connectivity index (χ3v) is 5.61. The summed E-state index contributed by atoms with van der Waals surface area (Å²) in [4.78, 5) is 23.4. The first-order chi connectivity index (χ1) is 14.4. The van der Waals surface area contributed by atoms with Gasteiger partial charge in [-0.15, -0.1) is 0 Å². The van der Waals surface area contributed by atoms with Gasteiger partial charge in [-0.05, 0) is 30.3 Å². The Morgan fingerprint density at radius 1 is 1.03 bits per heavy atom. The molecule has 30 heavy (non-hydrogen) atoms. The maximum atomic E-state index is 13.4. The number of fused-ring (bicyclic) bond motifs is 2. The summed E-state index contributed by atoms with van der Waals surface area (Å²) in [7, 11) is 1.89. The number of carbonyl (C=O) groups excluding carboxylic acids is 1. The van der Waals surface area contributed by atoms with Gasteiger partial charge in [0.25, 0.3) is 11.8 Å². The highest BCUT2D eigenvalue weighted by molar-refractivity contribution is 5.97. The van der Waals surface area contributed by atoms with Crippen molar-refractivity contribution in [3.05, 3.63) is 54.4 Å². The molecule has 8 heteroatoms. The Hall–Kier alpha value is -3.42. The molecule has 1 aliphatic rings. The third kappa shape index (κ3) is 3.28. The Labute approximate surface area is 171 Å². The normalized spacial score (nSPS) is 16.3. The molecule has 1 amide bonds. The SMILES string of the molecule is Cn1ncc2cc(-c3cnc4ccc(C(=O)N5CCC(F)(F)CC5)cc4n3)ccc21. The lowest BCUT2D eigenvalue weighted by atomic mass is 10.1. The van der Waals surface area contributed by atoms with Gasteiger partial charge >= 0.3 is 0 Å². The average Bonchev–Trinajstić information content (AvgIpc) is 3.12. The van der Waals surface area contributed by atoms with E-state index in [2.05, 4.69) is 15.1 Å². The van der Waals surface area contributed by atoms with E-state index in [1.807, 2.05) is 25.2 Å². The average molecular weight is 407 g/mol. The number of aryl methyl sites for hydroxylation is 1. The zero-order valence-electron chi connectivity index (χ0n) is 16.3. The van der Waals surface area contributed by atoms with Crippen LogP contribution < -0.4 is 0 Å². The molecule has 0 N–H and O–H groups in total. The Morgan fingerprint density at radius 2 is 1.83 bits per heavy atom. The Balaban J connectivity index is 1.47. The first kappa shape index (κ1) is 18.6. The number of aromatic nitrogens is 4. The number of rotatable bonds is 2. The van der Waals surface area contributed by atoms with Crippen LogP contribution in [0.5, 0.6) is 0 Å². The number of hydrogen-bond donors (Lipinski definition) is 0. The summed E-state index contributed by atoms with van der Waals surface area (Å²) in [6.07, 6.45) is 2.90. The van der Waals surface area contributed by atoms with Gasteiger partial charge in [-0.1, -0.05) is 6.07 Å². The van der Waals surface area contributed by atoms with Crippen LogP contribution in [0.1, 0.15) is 23.2 Å². The number of alkyl halides is 2. The molecule has 0 unspecified atom stereocenters. The van der Waals surface area contributed by atoms with Gasteiger partial charge in [0.15, 0.2) is 0 Å². The molecular formula is C22H19F2N5O. The summed E-state index contributed by atoms with van der Waals surface area (Å²) < 4.78 is 28.6. The largest absolute Gasteiger partial charge is 0.338 e. The lowest BCUT2D eigenvalue weighted by molar-refractivity contribution is -0.0494. The van der Waals surface area contributed by atoms with Crippen molar-refractivity contribution in [1.29, 1.82) is 0 Å². The minimum absolute atomic E-state index is 0.0563. The summed E-state index contributed by atoms with van der Waals surface area (Å²) in [6, 6.07) is 11.0. The molecule has 0 saturated carbocycles. The molecule has 4 aromatic rings. The third-order valence-electron chi connectivity index (χ3n) is 5.61. The van der Waals surface area contributed by atoms with Crippen LogP contribution in [0, 0.1) is 0 Å². The lowest BCUT2D eigenvalue weighted by Gasteiger charge is -2.31. The summed E-state index contributed by atoms with van der Waals surface area (Å²) in [5.74, 6) is -2.94. The van der Waals surface area contributed by atoms with Crippen LogP contribution in [0.2, 0.25) is 0 Å². The molecule has 3 heterocycles. The summed E-state index contributed by atoms with van der Waals surface area (Å²) in [6.45, 7) is 0.113. The van der Waals surface area contributed by atoms with Crippen LogP contribution in [-0.2, 0) is 7.05 Å². The highest BCUT2D eigenvalue weighted by Gasteiger charge is 2.35. The van der Waals surface area contributed by atoms with Crippen LogP contribution >= 0.6 is 0 Å². The van der Waals surface area contributed by atoms with Crippen LogP contribution in [0.4, 0.5) is 8.78 Å². The molecule has 2 aromatic heterocycles. The van der Waals surface area contributed by atoms with Gasteiger partial charge in [-0.2, -0.15) is 5.10 Å². The number of benzene rings is 2. The first-order valence-electron chi connectivity index (χ1n) is 9.76. The van der Waals surface area contributed by atoms with Crippen molar-refractivity contribution in [2.75, 3.05) is 13.1 Å². The summed E-state index contributed by atoms with van der Waals surface area (Å²) >= 11 is 0. The van der Waals surface area contributed by atoms with E-state index >= 15 is 0 Å². The number of likely N-dealkylation sites (tertiary alicyclic amines) is 1. The molecule has 1 fully saturated rings. The number of carbonyl (C=O) groups is 1. The van der Waals surface area contributed by atoms with Crippen LogP contribution in [0.3, 0.4) is 0 Å².